The third-order valence-electron chi connectivity index (χ3n) is 4.56. The summed E-state index contributed by atoms with van der Waals surface area (Å²) in [7, 11) is 0. The third-order valence-corrected chi connectivity index (χ3v) is 5.45. The number of fused-ring (bicyclic) bond motifs is 2. The Morgan fingerprint density at radius 3 is 3.08 bits per heavy atom. The van der Waals surface area contributed by atoms with Crippen molar-refractivity contribution in [3.8, 4) is 0 Å². The lowest BCUT2D eigenvalue weighted by Gasteiger charge is -2.20. The fraction of sp³-hybridized carbons (Fsp3) is 0.412. The summed E-state index contributed by atoms with van der Waals surface area (Å²) >= 11 is 1.33. The van der Waals surface area contributed by atoms with E-state index in [2.05, 4.69) is 10.1 Å². The number of hydrogen-bond donors (Lipinski definition) is 1. The van der Waals surface area contributed by atoms with E-state index in [1.54, 1.807) is 17.9 Å². The number of carbonyl (C=O) groups is 1. The molecule has 1 aliphatic heterocycles. The lowest BCUT2D eigenvalue weighted by atomic mass is 10.2. The van der Waals surface area contributed by atoms with Crippen LogP contribution in [0.2, 0.25) is 0 Å². The summed E-state index contributed by atoms with van der Waals surface area (Å²) in [4.78, 5) is 31.2. The highest BCUT2D eigenvalue weighted by atomic mass is 32.1. The van der Waals surface area contributed by atoms with Crippen molar-refractivity contribution < 1.29 is 9.90 Å². The molecule has 0 fully saturated rings. The SMILES string of the molecule is C[C@@H](O)c1cc2n(n1)CCCN(C(=O)Cn1cnc3ccsc3c1=O)C2. The highest BCUT2D eigenvalue weighted by molar-refractivity contribution is 7.17. The maximum absolute atomic E-state index is 12.8. The molecule has 0 aromatic carbocycles. The zero-order chi connectivity index (χ0) is 18.3. The van der Waals surface area contributed by atoms with Crippen LogP contribution in [0.5, 0.6) is 0 Å². The summed E-state index contributed by atoms with van der Waals surface area (Å²) in [6.07, 6.45) is 1.57. The molecule has 0 radical (unpaired) electrons. The molecule has 9 heteroatoms. The van der Waals surface area contributed by atoms with E-state index >= 15 is 0 Å². The monoisotopic (exact) mass is 373 g/mol. The maximum Gasteiger partial charge on any atom is 0.271 e. The van der Waals surface area contributed by atoms with E-state index in [0.717, 1.165) is 12.1 Å². The second-order valence-electron chi connectivity index (χ2n) is 6.44. The van der Waals surface area contributed by atoms with Crippen molar-refractivity contribution in [1.82, 2.24) is 24.2 Å². The summed E-state index contributed by atoms with van der Waals surface area (Å²) in [5.41, 5.74) is 1.98. The van der Waals surface area contributed by atoms with Crippen LogP contribution in [-0.2, 0) is 24.4 Å². The summed E-state index contributed by atoms with van der Waals surface area (Å²) in [5, 5.41) is 15.9. The van der Waals surface area contributed by atoms with Crippen molar-refractivity contribution in [1.29, 1.82) is 0 Å². The van der Waals surface area contributed by atoms with E-state index in [9.17, 15) is 14.7 Å². The van der Waals surface area contributed by atoms with Crippen LogP contribution >= 0.6 is 11.3 Å². The Balaban J connectivity index is 1.55. The van der Waals surface area contributed by atoms with Crippen molar-refractivity contribution in [2.45, 2.75) is 39.1 Å². The zero-order valence-corrected chi connectivity index (χ0v) is 15.1. The quantitative estimate of drug-likeness (QED) is 0.743. The first-order valence-corrected chi connectivity index (χ1v) is 9.36. The second-order valence-corrected chi connectivity index (χ2v) is 7.36. The number of aliphatic hydroxyl groups excluding tert-OH is 1. The van der Waals surface area contributed by atoms with Gasteiger partial charge in [0, 0.05) is 13.1 Å². The molecule has 136 valence electrons. The van der Waals surface area contributed by atoms with Crippen LogP contribution in [-0.4, -0.2) is 41.8 Å². The van der Waals surface area contributed by atoms with Gasteiger partial charge < -0.3 is 10.0 Å². The van der Waals surface area contributed by atoms with E-state index in [0.29, 0.717) is 35.5 Å². The number of rotatable bonds is 3. The van der Waals surface area contributed by atoms with Crippen LogP contribution in [0.3, 0.4) is 0 Å². The van der Waals surface area contributed by atoms with E-state index in [1.165, 1.54) is 22.2 Å². The predicted octanol–water partition coefficient (Wildman–Crippen LogP) is 1.14. The summed E-state index contributed by atoms with van der Waals surface area (Å²) in [6, 6.07) is 3.63. The fourth-order valence-electron chi connectivity index (χ4n) is 3.14. The van der Waals surface area contributed by atoms with Crippen molar-refractivity contribution >= 4 is 27.5 Å². The Bertz CT molecular complexity index is 1020. The molecule has 0 spiro atoms. The molecule has 0 unspecified atom stereocenters. The average Bonchev–Trinajstić information content (AvgIpc) is 3.20. The first kappa shape index (κ1) is 16.9. The molecule has 1 aliphatic rings. The minimum absolute atomic E-state index is 0.0307. The molecule has 0 aliphatic carbocycles. The number of aromatic nitrogens is 4. The van der Waals surface area contributed by atoms with Gasteiger partial charge in [-0.1, -0.05) is 0 Å². The van der Waals surface area contributed by atoms with Crippen LogP contribution in [0.15, 0.2) is 28.6 Å². The summed E-state index contributed by atoms with van der Waals surface area (Å²) in [5.74, 6) is -0.127. The van der Waals surface area contributed by atoms with Gasteiger partial charge in [0.05, 0.1) is 35.9 Å². The average molecular weight is 373 g/mol. The minimum Gasteiger partial charge on any atom is -0.387 e. The van der Waals surface area contributed by atoms with Crippen LogP contribution in [0.25, 0.3) is 10.2 Å². The molecule has 0 saturated heterocycles. The summed E-state index contributed by atoms with van der Waals surface area (Å²) in [6.45, 7) is 3.37. The highest BCUT2D eigenvalue weighted by Crippen LogP contribution is 2.18. The molecule has 1 amide bonds. The van der Waals surface area contributed by atoms with E-state index in [-0.39, 0.29) is 18.0 Å². The topological polar surface area (TPSA) is 93.2 Å². The lowest BCUT2D eigenvalue weighted by molar-refractivity contribution is -0.132. The number of carbonyl (C=O) groups excluding carboxylic acids is 1. The zero-order valence-electron chi connectivity index (χ0n) is 14.3. The van der Waals surface area contributed by atoms with Gasteiger partial charge in [-0.25, -0.2) is 4.98 Å². The number of thiophene rings is 1. The van der Waals surface area contributed by atoms with Crippen molar-refractivity contribution in [3.05, 3.63) is 45.6 Å². The van der Waals surface area contributed by atoms with Gasteiger partial charge in [-0.15, -0.1) is 11.3 Å². The predicted molar refractivity (Wildman–Crippen MR) is 96.8 cm³/mol. The standard InChI is InChI=1S/C17H19N5O3S/c1-11(23)14-7-12-8-20(4-2-5-22(12)19-14)15(24)9-21-10-18-13-3-6-26-16(13)17(21)25/h3,6-7,10-11,23H,2,4-5,8-9H2,1H3/t11-/m1/s1. The number of aliphatic hydroxyl groups is 1. The Hall–Kier alpha value is -2.52. The number of amides is 1. The Kier molecular flexibility index (Phi) is 4.33. The van der Waals surface area contributed by atoms with Crippen LogP contribution < -0.4 is 5.56 Å². The van der Waals surface area contributed by atoms with E-state index in [4.69, 9.17) is 0 Å². The largest absolute Gasteiger partial charge is 0.387 e. The molecule has 1 atom stereocenters. The molecule has 3 aromatic heterocycles. The van der Waals surface area contributed by atoms with Gasteiger partial charge >= 0.3 is 0 Å². The third kappa shape index (κ3) is 3.04. The molecule has 0 saturated carbocycles. The minimum atomic E-state index is -0.638. The maximum atomic E-state index is 12.8. The van der Waals surface area contributed by atoms with E-state index < -0.39 is 6.10 Å². The van der Waals surface area contributed by atoms with Crippen LogP contribution in [0.4, 0.5) is 0 Å². The normalized spacial score (nSPS) is 15.7. The number of aryl methyl sites for hydroxylation is 1. The van der Waals surface area contributed by atoms with Crippen LogP contribution in [0.1, 0.15) is 30.8 Å². The van der Waals surface area contributed by atoms with Gasteiger partial charge in [-0.2, -0.15) is 5.10 Å². The Morgan fingerprint density at radius 2 is 2.27 bits per heavy atom. The molecular weight excluding hydrogens is 354 g/mol. The van der Waals surface area contributed by atoms with Crippen molar-refractivity contribution in [3.63, 3.8) is 0 Å². The van der Waals surface area contributed by atoms with Crippen LogP contribution in [0, 0.1) is 0 Å². The first-order valence-electron chi connectivity index (χ1n) is 8.48. The first-order chi connectivity index (χ1) is 12.5. The fourth-order valence-corrected chi connectivity index (χ4v) is 3.93. The highest BCUT2D eigenvalue weighted by Gasteiger charge is 2.22. The molecular formula is C17H19N5O3S. The number of hydrogen-bond acceptors (Lipinski definition) is 6. The lowest BCUT2D eigenvalue weighted by Crippen LogP contribution is -2.36. The van der Waals surface area contributed by atoms with Gasteiger partial charge in [-0.3, -0.25) is 18.8 Å². The Morgan fingerprint density at radius 1 is 1.42 bits per heavy atom. The second kappa shape index (κ2) is 6.65. The number of nitrogens with zero attached hydrogens (tertiary/aromatic N) is 5. The van der Waals surface area contributed by atoms with E-state index in [1.807, 2.05) is 16.1 Å². The Labute approximate surface area is 153 Å². The molecule has 26 heavy (non-hydrogen) atoms. The van der Waals surface area contributed by atoms with Gasteiger partial charge in [0.15, 0.2) is 0 Å². The molecule has 8 nitrogen and oxygen atoms in total. The molecule has 4 heterocycles. The van der Waals surface area contributed by atoms with Gasteiger partial charge in [0.2, 0.25) is 5.91 Å². The smallest absolute Gasteiger partial charge is 0.271 e. The van der Waals surface area contributed by atoms with Gasteiger partial charge in [0.1, 0.15) is 11.2 Å². The van der Waals surface area contributed by atoms with Crippen molar-refractivity contribution in [2.24, 2.45) is 0 Å². The van der Waals surface area contributed by atoms with Crippen molar-refractivity contribution in [2.75, 3.05) is 6.54 Å². The van der Waals surface area contributed by atoms with Gasteiger partial charge in [-0.05, 0) is 30.9 Å². The summed E-state index contributed by atoms with van der Waals surface area (Å²) < 4.78 is 3.78. The molecule has 3 aromatic rings. The molecule has 1 N–H and O–H groups in total. The van der Waals surface area contributed by atoms with Gasteiger partial charge in [0.25, 0.3) is 5.56 Å². The molecule has 4 rings (SSSR count). The molecule has 0 bridgehead atoms.